The fourth-order valence-corrected chi connectivity index (χ4v) is 2.19. The van der Waals surface area contributed by atoms with Crippen molar-refractivity contribution in [1.29, 1.82) is 0 Å². The molecule has 14 heteroatoms. The van der Waals surface area contributed by atoms with Crippen LogP contribution in [0.1, 0.15) is 10.5 Å². The second-order valence-electron chi connectivity index (χ2n) is 4.89. The molecule has 2 rings (SSSR count). The zero-order valence-electron chi connectivity index (χ0n) is 13.7. The number of amides is 1. The molecule has 0 bridgehead atoms. The highest BCUT2D eigenvalue weighted by Gasteiger charge is 2.38. The minimum Gasteiger partial charge on any atom is -0.475 e. The average molecular weight is 429 g/mol. The lowest BCUT2D eigenvalue weighted by Gasteiger charge is -2.00. The molecule has 2 aromatic rings. The number of alkyl halides is 3. The van der Waals surface area contributed by atoms with Crippen LogP contribution < -0.4 is 4.72 Å². The Labute approximate surface area is 155 Å². The van der Waals surface area contributed by atoms with Crippen LogP contribution >= 0.6 is 11.6 Å². The maximum atomic E-state index is 11.7. The van der Waals surface area contributed by atoms with E-state index in [0.29, 0.717) is 16.5 Å². The van der Waals surface area contributed by atoms with E-state index in [0.717, 1.165) is 6.26 Å². The Kier molecular flexibility index (Phi) is 6.92. The van der Waals surface area contributed by atoms with Crippen molar-refractivity contribution in [3.05, 3.63) is 35.1 Å². The van der Waals surface area contributed by atoms with E-state index in [2.05, 4.69) is 10.1 Å². The number of carboxylic acid groups (broad SMARTS) is 1. The van der Waals surface area contributed by atoms with Gasteiger partial charge in [-0.05, 0) is 18.2 Å². The Hall–Kier alpha value is -2.67. The van der Waals surface area contributed by atoms with Crippen LogP contribution in [0.25, 0.3) is 11.4 Å². The Morgan fingerprint density at radius 3 is 2.30 bits per heavy atom. The zero-order valence-corrected chi connectivity index (χ0v) is 15.2. The number of carbonyl (C=O) groups is 2. The van der Waals surface area contributed by atoms with Gasteiger partial charge in [-0.2, -0.15) is 18.3 Å². The van der Waals surface area contributed by atoms with Gasteiger partial charge in [0.05, 0.1) is 17.6 Å². The molecule has 0 saturated carbocycles. The molecular formula is C13H12ClF3N4O5S. The molecule has 9 nitrogen and oxygen atoms in total. The van der Waals surface area contributed by atoms with Crippen LogP contribution in [-0.2, 0) is 21.9 Å². The van der Waals surface area contributed by atoms with Crippen LogP contribution in [0.4, 0.5) is 13.2 Å². The van der Waals surface area contributed by atoms with Crippen LogP contribution in [0.5, 0.6) is 0 Å². The van der Waals surface area contributed by atoms with Gasteiger partial charge in [0.25, 0.3) is 5.91 Å². The van der Waals surface area contributed by atoms with E-state index in [1.165, 1.54) is 10.7 Å². The van der Waals surface area contributed by atoms with Gasteiger partial charge in [0, 0.05) is 7.05 Å². The molecule has 0 aromatic carbocycles. The smallest absolute Gasteiger partial charge is 0.475 e. The predicted molar refractivity (Wildman–Crippen MR) is 87.4 cm³/mol. The molecule has 0 unspecified atom stereocenters. The molecule has 148 valence electrons. The van der Waals surface area contributed by atoms with Crippen molar-refractivity contribution >= 4 is 33.5 Å². The molecule has 0 aliphatic rings. The van der Waals surface area contributed by atoms with E-state index >= 15 is 0 Å². The zero-order chi connectivity index (χ0) is 21.0. The maximum absolute atomic E-state index is 11.7. The van der Waals surface area contributed by atoms with Crippen molar-refractivity contribution in [2.24, 2.45) is 7.05 Å². The Morgan fingerprint density at radius 2 is 1.85 bits per heavy atom. The first kappa shape index (κ1) is 22.4. The lowest BCUT2D eigenvalue weighted by atomic mass is 10.2. The number of pyridine rings is 1. The molecule has 0 atom stereocenters. The fraction of sp³-hybridized carbons (Fsp3) is 0.231. The summed E-state index contributed by atoms with van der Waals surface area (Å²) in [6, 6.07) is 6.49. The number of carbonyl (C=O) groups excluding carboxylic acids is 1. The van der Waals surface area contributed by atoms with Crippen molar-refractivity contribution < 1.29 is 36.3 Å². The topological polar surface area (TPSA) is 131 Å². The van der Waals surface area contributed by atoms with Gasteiger partial charge < -0.3 is 5.11 Å². The normalized spacial score (nSPS) is 11.3. The van der Waals surface area contributed by atoms with Crippen LogP contribution in [-0.4, -0.2) is 52.6 Å². The average Bonchev–Trinajstić information content (AvgIpc) is 2.87. The number of aromatic nitrogens is 3. The monoisotopic (exact) mass is 428 g/mol. The molecule has 0 spiro atoms. The summed E-state index contributed by atoms with van der Waals surface area (Å²) in [7, 11) is -2.01. The first-order chi connectivity index (χ1) is 12.2. The summed E-state index contributed by atoms with van der Waals surface area (Å²) >= 11 is 5.80. The number of aliphatic carboxylic acids is 1. The number of carboxylic acids is 1. The van der Waals surface area contributed by atoms with Gasteiger partial charge in [-0.3, -0.25) is 9.48 Å². The molecule has 0 radical (unpaired) electrons. The molecule has 2 aromatic heterocycles. The van der Waals surface area contributed by atoms with E-state index in [9.17, 15) is 26.4 Å². The summed E-state index contributed by atoms with van der Waals surface area (Å²) in [6.07, 6.45) is -4.19. The van der Waals surface area contributed by atoms with Crippen molar-refractivity contribution in [2.75, 3.05) is 6.26 Å². The number of aryl methyl sites for hydroxylation is 1. The van der Waals surface area contributed by atoms with Gasteiger partial charge in [0.2, 0.25) is 10.0 Å². The first-order valence-corrected chi connectivity index (χ1v) is 8.97. The molecule has 1 amide bonds. The minimum atomic E-state index is -5.08. The standard InChI is InChI=1S/C11H11ClN4O3S.C2HF3O2/c1-16-9(7-4-3-5-10(12)13-7)6-8(14-16)11(17)15-20(2,18)19;3-2(4,5)1(6)7/h3-6H,1-2H3,(H,15,17);(H,6,7). The van der Waals surface area contributed by atoms with E-state index < -0.39 is 28.1 Å². The first-order valence-electron chi connectivity index (χ1n) is 6.70. The lowest BCUT2D eigenvalue weighted by Crippen LogP contribution is -2.29. The quantitative estimate of drug-likeness (QED) is 0.707. The Balaban J connectivity index is 0.000000445. The number of sulfonamides is 1. The molecule has 27 heavy (non-hydrogen) atoms. The number of nitrogens with one attached hydrogen (secondary N) is 1. The van der Waals surface area contributed by atoms with Gasteiger partial charge in [0.1, 0.15) is 5.15 Å². The third-order valence-corrected chi connectivity index (χ3v) is 3.38. The summed E-state index contributed by atoms with van der Waals surface area (Å²) in [4.78, 5) is 24.7. The SMILES string of the molecule is Cn1nc(C(=O)NS(C)(=O)=O)cc1-c1cccc(Cl)n1.O=C(O)C(F)(F)F. The van der Waals surface area contributed by atoms with Gasteiger partial charge in [-0.25, -0.2) is 22.9 Å². The van der Waals surface area contributed by atoms with E-state index in [1.54, 1.807) is 25.2 Å². The number of hydrogen-bond acceptors (Lipinski definition) is 6. The highest BCUT2D eigenvalue weighted by Crippen LogP contribution is 2.19. The predicted octanol–water partition coefficient (Wildman–Crippen LogP) is 1.46. The number of rotatable bonds is 3. The van der Waals surface area contributed by atoms with Crippen LogP contribution in [0.3, 0.4) is 0 Å². The van der Waals surface area contributed by atoms with Crippen LogP contribution in [0, 0.1) is 0 Å². The largest absolute Gasteiger partial charge is 0.490 e. The highest BCUT2D eigenvalue weighted by molar-refractivity contribution is 7.89. The third-order valence-electron chi connectivity index (χ3n) is 2.61. The molecular weight excluding hydrogens is 417 g/mol. The van der Waals surface area contributed by atoms with Gasteiger partial charge in [0.15, 0.2) is 5.69 Å². The summed E-state index contributed by atoms with van der Waals surface area (Å²) in [5.74, 6) is -3.55. The second kappa shape index (κ2) is 8.35. The molecule has 0 fully saturated rings. The van der Waals surface area contributed by atoms with E-state index in [4.69, 9.17) is 21.5 Å². The minimum absolute atomic E-state index is 0.0188. The summed E-state index contributed by atoms with van der Waals surface area (Å²) in [5, 5.41) is 11.4. The van der Waals surface area contributed by atoms with Gasteiger partial charge in [-0.1, -0.05) is 17.7 Å². The molecule has 2 N–H and O–H groups in total. The third kappa shape index (κ3) is 7.22. The maximum Gasteiger partial charge on any atom is 0.490 e. The number of halogens is 4. The van der Waals surface area contributed by atoms with Crippen molar-refractivity contribution in [1.82, 2.24) is 19.5 Å². The summed E-state index contributed by atoms with van der Waals surface area (Å²) < 4.78 is 57.1. The lowest BCUT2D eigenvalue weighted by molar-refractivity contribution is -0.192. The Bertz CT molecular complexity index is 959. The van der Waals surface area contributed by atoms with Crippen LogP contribution in [0.2, 0.25) is 5.15 Å². The van der Waals surface area contributed by atoms with E-state index in [1.807, 2.05) is 4.72 Å². The summed E-state index contributed by atoms with van der Waals surface area (Å²) in [6.45, 7) is 0. The number of hydrogen-bond donors (Lipinski definition) is 2. The fourth-order valence-electron chi connectivity index (χ4n) is 1.59. The Morgan fingerprint density at radius 1 is 1.30 bits per heavy atom. The van der Waals surface area contributed by atoms with Crippen molar-refractivity contribution in [3.8, 4) is 11.4 Å². The molecule has 0 aliphatic heterocycles. The van der Waals surface area contributed by atoms with Crippen molar-refractivity contribution in [3.63, 3.8) is 0 Å². The van der Waals surface area contributed by atoms with E-state index in [-0.39, 0.29) is 5.69 Å². The molecule has 0 aliphatic carbocycles. The second-order valence-corrected chi connectivity index (χ2v) is 7.03. The van der Waals surface area contributed by atoms with Gasteiger partial charge in [-0.15, -0.1) is 0 Å². The number of nitrogens with zero attached hydrogens (tertiary/aromatic N) is 3. The van der Waals surface area contributed by atoms with Crippen LogP contribution in [0.15, 0.2) is 24.3 Å². The van der Waals surface area contributed by atoms with Gasteiger partial charge >= 0.3 is 12.1 Å². The van der Waals surface area contributed by atoms with Crippen molar-refractivity contribution in [2.45, 2.75) is 6.18 Å². The summed E-state index contributed by atoms with van der Waals surface area (Å²) in [5.41, 5.74) is 1.06. The molecule has 0 saturated heterocycles. The highest BCUT2D eigenvalue weighted by atomic mass is 35.5. The molecule has 2 heterocycles.